The first-order valence-corrected chi connectivity index (χ1v) is 8.02. The van der Waals surface area contributed by atoms with Crippen LogP contribution < -0.4 is 5.73 Å². The van der Waals surface area contributed by atoms with Gasteiger partial charge in [-0.05, 0) is 56.4 Å². The molecule has 0 aromatic carbocycles. The van der Waals surface area contributed by atoms with E-state index in [1.165, 1.54) is 51.5 Å². The molecule has 1 heterocycles. The Hall–Kier alpha value is -0.0800. The molecule has 2 rings (SSSR count). The summed E-state index contributed by atoms with van der Waals surface area (Å²) in [6, 6.07) is 1.27. The highest BCUT2D eigenvalue weighted by atomic mass is 15.2. The van der Waals surface area contributed by atoms with E-state index < -0.39 is 0 Å². The van der Waals surface area contributed by atoms with E-state index in [9.17, 15) is 0 Å². The summed E-state index contributed by atoms with van der Waals surface area (Å²) in [4.78, 5) is 2.68. The van der Waals surface area contributed by atoms with Gasteiger partial charge in [0.1, 0.15) is 0 Å². The molecule has 0 aromatic heterocycles. The monoisotopic (exact) mass is 252 g/mol. The van der Waals surface area contributed by atoms with Crippen LogP contribution in [0.2, 0.25) is 0 Å². The zero-order valence-electron chi connectivity index (χ0n) is 12.6. The van der Waals surface area contributed by atoms with E-state index in [1.807, 2.05) is 0 Å². The molecule has 0 amide bonds. The Morgan fingerprint density at radius 3 is 2.33 bits per heavy atom. The van der Waals surface area contributed by atoms with E-state index in [-0.39, 0.29) is 0 Å². The third-order valence-electron chi connectivity index (χ3n) is 5.72. The average molecular weight is 252 g/mol. The number of piperidine rings is 1. The van der Waals surface area contributed by atoms with Crippen molar-refractivity contribution in [2.45, 2.75) is 77.8 Å². The molecule has 2 nitrogen and oxygen atoms in total. The van der Waals surface area contributed by atoms with E-state index >= 15 is 0 Å². The number of nitrogens with two attached hydrogens (primary N) is 1. The van der Waals surface area contributed by atoms with Gasteiger partial charge in [-0.1, -0.05) is 27.2 Å². The van der Waals surface area contributed by atoms with E-state index in [0.29, 0.717) is 11.5 Å². The molecule has 1 atom stereocenters. The molecule has 0 spiro atoms. The summed E-state index contributed by atoms with van der Waals surface area (Å²) in [5.74, 6) is 0.942. The SMILES string of the molecule is CCC(C)(C)C1CCC(N2CCCC(N)C2)CC1. The normalized spacial score (nSPS) is 35.7. The predicted molar refractivity (Wildman–Crippen MR) is 78.6 cm³/mol. The van der Waals surface area contributed by atoms with Crippen molar-refractivity contribution < 1.29 is 0 Å². The first-order valence-electron chi connectivity index (χ1n) is 8.02. The fourth-order valence-electron chi connectivity index (χ4n) is 3.88. The number of nitrogens with zero attached hydrogens (tertiary/aromatic N) is 1. The molecule has 2 aliphatic rings. The molecule has 1 aliphatic carbocycles. The zero-order valence-corrected chi connectivity index (χ0v) is 12.6. The summed E-state index contributed by atoms with van der Waals surface area (Å²) < 4.78 is 0. The molecule has 1 unspecified atom stereocenters. The maximum absolute atomic E-state index is 6.11. The van der Waals surface area contributed by atoms with Gasteiger partial charge in [0.25, 0.3) is 0 Å². The molecule has 1 saturated heterocycles. The summed E-state index contributed by atoms with van der Waals surface area (Å²) >= 11 is 0. The van der Waals surface area contributed by atoms with Crippen molar-refractivity contribution >= 4 is 0 Å². The van der Waals surface area contributed by atoms with Gasteiger partial charge in [-0.25, -0.2) is 0 Å². The average Bonchev–Trinajstić information content (AvgIpc) is 2.39. The molecule has 1 aliphatic heterocycles. The number of rotatable bonds is 3. The molecule has 0 radical (unpaired) electrons. The van der Waals surface area contributed by atoms with Crippen molar-refractivity contribution in [3.63, 3.8) is 0 Å². The zero-order chi connectivity index (χ0) is 13.2. The molecule has 2 heteroatoms. The van der Waals surface area contributed by atoms with Gasteiger partial charge in [-0.2, -0.15) is 0 Å². The summed E-state index contributed by atoms with van der Waals surface area (Å²) in [5.41, 5.74) is 6.65. The first-order chi connectivity index (χ1) is 8.53. The Kier molecular flexibility index (Phi) is 4.71. The van der Waals surface area contributed by atoms with Gasteiger partial charge in [-0.3, -0.25) is 4.90 Å². The molecule has 2 N–H and O–H groups in total. The minimum Gasteiger partial charge on any atom is -0.327 e. The van der Waals surface area contributed by atoms with Crippen molar-refractivity contribution in [3.8, 4) is 0 Å². The van der Waals surface area contributed by atoms with Gasteiger partial charge < -0.3 is 5.73 Å². The fourth-order valence-corrected chi connectivity index (χ4v) is 3.88. The smallest absolute Gasteiger partial charge is 0.0168 e. The van der Waals surface area contributed by atoms with Crippen LogP contribution in [0.15, 0.2) is 0 Å². The lowest BCUT2D eigenvalue weighted by Gasteiger charge is -2.44. The van der Waals surface area contributed by atoms with E-state index in [2.05, 4.69) is 25.7 Å². The van der Waals surface area contributed by atoms with E-state index in [4.69, 9.17) is 5.73 Å². The van der Waals surface area contributed by atoms with E-state index in [0.717, 1.165) is 18.5 Å². The summed E-state index contributed by atoms with van der Waals surface area (Å²) in [6.45, 7) is 9.69. The van der Waals surface area contributed by atoms with Crippen LogP contribution >= 0.6 is 0 Å². The van der Waals surface area contributed by atoms with Crippen molar-refractivity contribution in [1.82, 2.24) is 4.90 Å². The van der Waals surface area contributed by atoms with Crippen LogP contribution in [0.3, 0.4) is 0 Å². The van der Waals surface area contributed by atoms with Gasteiger partial charge in [0, 0.05) is 18.6 Å². The van der Waals surface area contributed by atoms with Crippen molar-refractivity contribution in [3.05, 3.63) is 0 Å². The third kappa shape index (κ3) is 3.27. The van der Waals surface area contributed by atoms with Crippen molar-refractivity contribution in [2.75, 3.05) is 13.1 Å². The van der Waals surface area contributed by atoms with Gasteiger partial charge in [0.2, 0.25) is 0 Å². The summed E-state index contributed by atoms with van der Waals surface area (Å²) in [7, 11) is 0. The van der Waals surface area contributed by atoms with Crippen LogP contribution in [0.25, 0.3) is 0 Å². The summed E-state index contributed by atoms with van der Waals surface area (Å²) in [6.07, 6.45) is 9.52. The lowest BCUT2D eigenvalue weighted by atomic mass is 9.68. The quantitative estimate of drug-likeness (QED) is 0.834. The van der Waals surface area contributed by atoms with Gasteiger partial charge in [0.15, 0.2) is 0 Å². The van der Waals surface area contributed by atoms with Crippen LogP contribution in [0.4, 0.5) is 0 Å². The minimum atomic E-state index is 0.434. The number of hydrogen-bond acceptors (Lipinski definition) is 2. The Bertz CT molecular complexity index is 254. The lowest BCUT2D eigenvalue weighted by Crippen LogP contribution is -2.49. The van der Waals surface area contributed by atoms with Gasteiger partial charge in [0.05, 0.1) is 0 Å². The topological polar surface area (TPSA) is 29.3 Å². The largest absolute Gasteiger partial charge is 0.327 e. The Morgan fingerprint density at radius 1 is 1.11 bits per heavy atom. The van der Waals surface area contributed by atoms with Crippen LogP contribution in [0.5, 0.6) is 0 Å². The number of likely N-dealkylation sites (tertiary alicyclic amines) is 1. The highest BCUT2D eigenvalue weighted by Gasteiger charge is 2.34. The summed E-state index contributed by atoms with van der Waals surface area (Å²) in [5, 5.41) is 0. The van der Waals surface area contributed by atoms with Gasteiger partial charge >= 0.3 is 0 Å². The first kappa shape index (κ1) is 14.3. The maximum atomic E-state index is 6.11. The molecular formula is C16H32N2. The molecule has 18 heavy (non-hydrogen) atoms. The Balaban J connectivity index is 1.83. The van der Waals surface area contributed by atoms with Crippen LogP contribution in [-0.4, -0.2) is 30.1 Å². The van der Waals surface area contributed by atoms with Gasteiger partial charge in [-0.15, -0.1) is 0 Å². The maximum Gasteiger partial charge on any atom is 0.0168 e. The molecule has 106 valence electrons. The molecular weight excluding hydrogens is 220 g/mol. The Labute approximate surface area is 113 Å². The minimum absolute atomic E-state index is 0.434. The molecule has 2 fully saturated rings. The third-order valence-corrected chi connectivity index (χ3v) is 5.72. The predicted octanol–water partition coefficient (Wildman–Crippen LogP) is 3.40. The second-order valence-electron chi connectivity index (χ2n) is 7.24. The van der Waals surface area contributed by atoms with Crippen LogP contribution in [0, 0.1) is 11.3 Å². The second-order valence-corrected chi connectivity index (χ2v) is 7.24. The lowest BCUT2D eigenvalue weighted by molar-refractivity contribution is 0.0697. The van der Waals surface area contributed by atoms with Crippen LogP contribution in [-0.2, 0) is 0 Å². The fraction of sp³-hybridized carbons (Fsp3) is 1.00. The van der Waals surface area contributed by atoms with Crippen molar-refractivity contribution in [1.29, 1.82) is 0 Å². The van der Waals surface area contributed by atoms with E-state index in [1.54, 1.807) is 0 Å². The highest BCUT2D eigenvalue weighted by Crippen LogP contribution is 2.41. The molecule has 1 saturated carbocycles. The standard InChI is InChI=1S/C16H32N2/c1-4-16(2,3)13-7-9-15(10-8-13)18-11-5-6-14(17)12-18/h13-15H,4-12,17H2,1-3H3. The Morgan fingerprint density at radius 2 is 1.78 bits per heavy atom. The molecule has 0 aromatic rings. The molecule has 0 bridgehead atoms. The number of hydrogen-bond donors (Lipinski definition) is 1. The second kappa shape index (κ2) is 5.92. The van der Waals surface area contributed by atoms with Crippen molar-refractivity contribution in [2.24, 2.45) is 17.1 Å². The highest BCUT2D eigenvalue weighted by molar-refractivity contribution is 4.88. The van der Waals surface area contributed by atoms with Crippen LogP contribution in [0.1, 0.15) is 65.7 Å².